The molecule has 0 saturated heterocycles. The number of halogens is 3. The van der Waals surface area contributed by atoms with Crippen LogP contribution in [0.2, 0.25) is 5.02 Å². The van der Waals surface area contributed by atoms with Crippen LogP contribution in [0.3, 0.4) is 0 Å². The predicted molar refractivity (Wildman–Crippen MR) is 46.2 cm³/mol. The van der Waals surface area contributed by atoms with Crippen molar-refractivity contribution >= 4 is 24.2 Å². The summed E-state index contributed by atoms with van der Waals surface area (Å²) in [5, 5.41) is 17.3. The first-order valence-electron chi connectivity index (χ1n) is 3.46. The Hall–Kier alpha value is -0.645. The highest BCUT2D eigenvalue weighted by molar-refractivity contribution is 6.58. The van der Waals surface area contributed by atoms with Gasteiger partial charge in [0.15, 0.2) is 0 Å². The van der Waals surface area contributed by atoms with Gasteiger partial charge in [-0.25, -0.2) is 8.78 Å². The Bertz CT molecular complexity index is 307. The lowest BCUT2D eigenvalue weighted by molar-refractivity contribution is 0.151. The quantitative estimate of drug-likeness (QED) is 0.708. The molecule has 0 amide bonds. The molecule has 0 aliphatic rings. The molecule has 6 heteroatoms. The van der Waals surface area contributed by atoms with Gasteiger partial charge in [-0.1, -0.05) is 23.7 Å². The minimum Gasteiger partial charge on any atom is -0.423 e. The van der Waals surface area contributed by atoms with Crippen molar-refractivity contribution in [2.75, 3.05) is 0 Å². The summed E-state index contributed by atoms with van der Waals surface area (Å²) in [5.41, 5.74) is -0.396. The highest BCUT2D eigenvalue weighted by atomic mass is 35.5. The van der Waals surface area contributed by atoms with E-state index in [9.17, 15) is 8.78 Å². The van der Waals surface area contributed by atoms with E-state index in [1.54, 1.807) is 0 Å². The molecule has 70 valence electrons. The largest absolute Gasteiger partial charge is 0.488 e. The van der Waals surface area contributed by atoms with Crippen molar-refractivity contribution in [2.45, 2.75) is 6.43 Å². The van der Waals surface area contributed by atoms with Crippen LogP contribution in [-0.4, -0.2) is 17.2 Å². The molecule has 0 spiro atoms. The van der Waals surface area contributed by atoms with Crippen LogP contribution in [0.1, 0.15) is 12.0 Å². The Morgan fingerprint density at radius 3 is 2.38 bits per heavy atom. The molecule has 0 aliphatic carbocycles. The molecule has 0 unspecified atom stereocenters. The molecule has 2 N–H and O–H groups in total. The summed E-state index contributed by atoms with van der Waals surface area (Å²) in [6.45, 7) is 0. The summed E-state index contributed by atoms with van der Waals surface area (Å²) in [6.07, 6.45) is -2.72. The molecule has 0 fully saturated rings. The molecule has 0 bridgehead atoms. The smallest absolute Gasteiger partial charge is 0.423 e. The Labute approximate surface area is 78.9 Å². The minimum absolute atomic E-state index is 0.000278. The standard InChI is InChI=1S/C7H6BClF2O2/c9-6-2-1-4(8(12)13)3-5(6)7(10)11/h1-3,7,12-13H. The van der Waals surface area contributed by atoms with Crippen molar-refractivity contribution in [3.05, 3.63) is 28.8 Å². The number of hydrogen-bond acceptors (Lipinski definition) is 2. The second-order valence-corrected chi connectivity index (χ2v) is 2.86. The van der Waals surface area contributed by atoms with E-state index in [1.165, 1.54) is 12.1 Å². The Morgan fingerprint density at radius 2 is 1.92 bits per heavy atom. The molecule has 0 aromatic heterocycles. The van der Waals surface area contributed by atoms with Crippen LogP contribution < -0.4 is 5.46 Å². The summed E-state index contributed by atoms with van der Waals surface area (Å²) in [5.74, 6) is 0. The normalized spacial score (nSPS) is 10.6. The zero-order chi connectivity index (χ0) is 10.0. The average Bonchev–Trinajstić information content (AvgIpc) is 2.04. The van der Waals surface area contributed by atoms with Crippen molar-refractivity contribution in [3.63, 3.8) is 0 Å². The number of hydrogen-bond donors (Lipinski definition) is 2. The Kier molecular flexibility index (Phi) is 3.25. The van der Waals surface area contributed by atoms with Crippen molar-refractivity contribution in [2.24, 2.45) is 0 Å². The van der Waals surface area contributed by atoms with E-state index < -0.39 is 19.1 Å². The first-order valence-corrected chi connectivity index (χ1v) is 3.84. The van der Waals surface area contributed by atoms with E-state index in [4.69, 9.17) is 21.6 Å². The van der Waals surface area contributed by atoms with Gasteiger partial charge in [-0.15, -0.1) is 0 Å². The predicted octanol–water partition coefficient (Wildman–Crippen LogP) is 0.957. The lowest BCUT2D eigenvalue weighted by Gasteiger charge is -2.05. The maximum atomic E-state index is 12.2. The van der Waals surface area contributed by atoms with Gasteiger partial charge in [0.2, 0.25) is 0 Å². The van der Waals surface area contributed by atoms with E-state index in [0.717, 1.165) is 6.07 Å². The summed E-state index contributed by atoms with van der Waals surface area (Å²) in [6, 6.07) is 3.45. The van der Waals surface area contributed by atoms with Gasteiger partial charge in [0.1, 0.15) is 0 Å². The summed E-state index contributed by atoms with van der Waals surface area (Å²) < 4.78 is 24.4. The highest BCUT2D eigenvalue weighted by Gasteiger charge is 2.17. The van der Waals surface area contributed by atoms with Crippen LogP contribution in [0, 0.1) is 0 Å². The van der Waals surface area contributed by atoms with Gasteiger partial charge in [0.25, 0.3) is 6.43 Å². The first-order chi connectivity index (χ1) is 6.02. The van der Waals surface area contributed by atoms with Crippen LogP contribution in [0.5, 0.6) is 0 Å². The molecule has 0 radical (unpaired) electrons. The van der Waals surface area contributed by atoms with Gasteiger partial charge in [0.05, 0.1) is 0 Å². The topological polar surface area (TPSA) is 40.5 Å². The van der Waals surface area contributed by atoms with E-state index >= 15 is 0 Å². The zero-order valence-electron chi connectivity index (χ0n) is 6.42. The van der Waals surface area contributed by atoms with Gasteiger partial charge in [-0.3, -0.25) is 0 Å². The van der Waals surface area contributed by atoms with Gasteiger partial charge in [0, 0.05) is 10.6 Å². The number of alkyl halides is 2. The second-order valence-electron chi connectivity index (χ2n) is 2.46. The second kappa shape index (κ2) is 4.04. The van der Waals surface area contributed by atoms with Crippen molar-refractivity contribution in [1.82, 2.24) is 0 Å². The lowest BCUT2D eigenvalue weighted by Crippen LogP contribution is -2.30. The summed E-state index contributed by atoms with van der Waals surface area (Å²) >= 11 is 5.45. The molecule has 13 heavy (non-hydrogen) atoms. The van der Waals surface area contributed by atoms with Crippen molar-refractivity contribution in [1.29, 1.82) is 0 Å². The van der Waals surface area contributed by atoms with Crippen LogP contribution >= 0.6 is 11.6 Å². The maximum absolute atomic E-state index is 12.2. The molecule has 1 rings (SSSR count). The fourth-order valence-electron chi connectivity index (χ4n) is 0.890. The van der Waals surface area contributed by atoms with Crippen molar-refractivity contribution < 1.29 is 18.8 Å². The Balaban J connectivity index is 3.11. The van der Waals surface area contributed by atoms with Crippen molar-refractivity contribution in [3.8, 4) is 0 Å². The third-order valence-electron chi connectivity index (χ3n) is 1.55. The van der Waals surface area contributed by atoms with Gasteiger partial charge < -0.3 is 10.0 Å². The van der Waals surface area contributed by atoms with Gasteiger partial charge >= 0.3 is 7.12 Å². The molecule has 0 heterocycles. The zero-order valence-corrected chi connectivity index (χ0v) is 7.17. The van der Waals surface area contributed by atoms with Crippen LogP contribution in [0.15, 0.2) is 18.2 Å². The number of rotatable bonds is 2. The molecule has 1 aromatic rings. The molecule has 1 aromatic carbocycles. The molecular weight excluding hydrogens is 200 g/mol. The van der Waals surface area contributed by atoms with Crippen LogP contribution in [0.4, 0.5) is 8.78 Å². The summed E-state index contributed by atoms with van der Waals surface area (Å²) in [4.78, 5) is 0. The van der Waals surface area contributed by atoms with E-state index in [2.05, 4.69) is 0 Å². The summed E-state index contributed by atoms with van der Waals surface area (Å²) in [7, 11) is -1.75. The van der Waals surface area contributed by atoms with E-state index in [1.807, 2.05) is 0 Å². The number of benzene rings is 1. The first kappa shape index (κ1) is 10.4. The lowest BCUT2D eigenvalue weighted by atomic mass is 9.80. The molecule has 0 aliphatic heterocycles. The van der Waals surface area contributed by atoms with E-state index in [-0.39, 0.29) is 10.5 Å². The molecular formula is C7H6BClF2O2. The third kappa shape index (κ3) is 2.40. The monoisotopic (exact) mass is 206 g/mol. The molecule has 0 atom stereocenters. The fourth-order valence-corrected chi connectivity index (χ4v) is 1.09. The molecule has 0 saturated carbocycles. The Morgan fingerprint density at radius 1 is 1.31 bits per heavy atom. The average molecular weight is 206 g/mol. The third-order valence-corrected chi connectivity index (χ3v) is 1.90. The highest BCUT2D eigenvalue weighted by Crippen LogP contribution is 2.25. The maximum Gasteiger partial charge on any atom is 0.488 e. The van der Waals surface area contributed by atoms with Gasteiger partial charge in [-0.05, 0) is 11.5 Å². The molecule has 2 nitrogen and oxygen atoms in total. The van der Waals surface area contributed by atoms with Crippen LogP contribution in [-0.2, 0) is 0 Å². The van der Waals surface area contributed by atoms with Gasteiger partial charge in [-0.2, -0.15) is 0 Å². The fraction of sp³-hybridized carbons (Fsp3) is 0.143. The van der Waals surface area contributed by atoms with Crippen LogP contribution in [0.25, 0.3) is 0 Å². The SMILES string of the molecule is OB(O)c1ccc(Cl)c(C(F)F)c1. The van der Waals surface area contributed by atoms with E-state index in [0.29, 0.717) is 0 Å². The minimum atomic E-state index is -2.72.